The minimum atomic E-state index is 0.316. The number of rotatable bonds is 3. The number of aryl methyl sites for hydroxylation is 1. The van der Waals surface area contributed by atoms with E-state index in [1.165, 1.54) is 42.5 Å². The highest BCUT2D eigenvalue weighted by Gasteiger charge is 2.25. The molecule has 1 heterocycles. The molecule has 2 aliphatic carbocycles. The third-order valence-corrected chi connectivity index (χ3v) is 5.31. The summed E-state index contributed by atoms with van der Waals surface area (Å²) < 4.78 is 6.29. The van der Waals surface area contributed by atoms with Crippen molar-refractivity contribution in [3.8, 4) is 5.88 Å². The Labute approximate surface area is 138 Å². The lowest BCUT2D eigenvalue weighted by Crippen LogP contribution is -2.25. The van der Waals surface area contributed by atoms with Crippen LogP contribution in [0.5, 0.6) is 5.88 Å². The summed E-state index contributed by atoms with van der Waals surface area (Å²) in [6.45, 7) is 0. The zero-order valence-electron chi connectivity index (χ0n) is 13.6. The van der Waals surface area contributed by atoms with E-state index in [1.54, 1.807) is 6.33 Å². The molecule has 0 bridgehead atoms. The molecule has 0 spiro atoms. The highest BCUT2D eigenvalue weighted by Crippen LogP contribution is 2.35. The maximum atomic E-state index is 6.29. The van der Waals surface area contributed by atoms with Crippen LogP contribution in [0.1, 0.15) is 61.3 Å². The maximum Gasteiger partial charge on any atom is 0.220 e. The largest absolute Gasteiger partial charge is 0.474 e. The number of hydrogen-bond donors (Lipinski definition) is 0. The summed E-state index contributed by atoms with van der Waals surface area (Å²) in [5.74, 6) is 1.55. The maximum absolute atomic E-state index is 6.29. The van der Waals surface area contributed by atoms with Gasteiger partial charge in [-0.1, -0.05) is 30.3 Å². The normalized spacial score (nSPS) is 24.0. The third kappa shape index (κ3) is 3.24. The number of ether oxygens (including phenoxy) is 1. The van der Waals surface area contributed by atoms with Crippen molar-refractivity contribution in [2.24, 2.45) is 0 Å². The second-order valence-corrected chi connectivity index (χ2v) is 6.81. The lowest BCUT2D eigenvalue weighted by molar-refractivity contribution is 0.138. The lowest BCUT2D eigenvalue weighted by atomic mass is 9.83. The standard InChI is InChI=1S/C20H24N2O/c1-2-6-15(7-3-1)16-10-12-17(13-11-16)23-20-18-8-4-5-9-19(18)21-14-22-20/h1-3,6-7,14,16-17H,4-5,8-13H2. The SMILES string of the molecule is c1ccc(C2CCC(Oc3ncnc4c3CCCC4)CC2)cc1. The molecular weight excluding hydrogens is 284 g/mol. The monoisotopic (exact) mass is 308 g/mol. The first-order valence-corrected chi connectivity index (χ1v) is 8.94. The molecule has 120 valence electrons. The van der Waals surface area contributed by atoms with Gasteiger partial charge in [0, 0.05) is 5.56 Å². The topological polar surface area (TPSA) is 35.0 Å². The van der Waals surface area contributed by atoms with Gasteiger partial charge in [-0.05, 0) is 62.8 Å². The number of fused-ring (bicyclic) bond motifs is 1. The van der Waals surface area contributed by atoms with Crippen molar-refractivity contribution in [3.63, 3.8) is 0 Å². The van der Waals surface area contributed by atoms with Gasteiger partial charge in [0.15, 0.2) is 0 Å². The first kappa shape index (κ1) is 14.7. The minimum Gasteiger partial charge on any atom is -0.474 e. The first-order chi connectivity index (χ1) is 11.4. The van der Waals surface area contributed by atoms with Crippen LogP contribution in [0.2, 0.25) is 0 Å². The van der Waals surface area contributed by atoms with Crippen molar-refractivity contribution in [1.82, 2.24) is 9.97 Å². The molecule has 0 atom stereocenters. The molecule has 2 aliphatic rings. The van der Waals surface area contributed by atoms with Crippen molar-refractivity contribution in [3.05, 3.63) is 53.5 Å². The van der Waals surface area contributed by atoms with Gasteiger partial charge in [-0.15, -0.1) is 0 Å². The van der Waals surface area contributed by atoms with E-state index in [4.69, 9.17) is 4.74 Å². The number of benzene rings is 1. The fourth-order valence-electron chi connectivity index (χ4n) is 3.99. The van der Waals surface area contributed by atoms with Gasteiger partial charge < -0.3 is 4.74 Å². The predicted octanol–water partition coefficient (Wildman–Crippen LogP) is 4.46. The summed E-state index contributed by atoms with van der Waals surface area (Å²) in [4.78, 5) is 8.86. The molecule has 1 aromatic carbocycles. The minimum absolute atomic E-state index is 0.316. The Morgan fingerprint density at radius 2 is 1.65 bits per heavy atom. The van der Waals surface area contributed by atoms with Crippen molar-refractivity contribution in [2.45, 2.75) is 63.4 Å². The molecular formula is C20H24N2O. The molecule has 1 aromatic heterocycles. The van der Waals surface area contributed by atoms with Crippen LogP contribution in [0.15, 0.2) is 36.7 Å². The molecule has 1 fully saturated rings. The number of aromatic nitrogens is 2. The Bertz CT molecular complexity index is 648. The molecule has 1 saturated carbocycles. The Morgan fingerprint density at radius 1 is 0.870 bits per heavy atom. The van der Waals surface area contributed by atoms with Crippen LogP contribution in [-0.4, -0.2) is 16.1 Å². The Kier molecular flexibility index (Phi) is 4.27. The molecule has 0 N–H and O–H groups in total. The van der Waals surface area contributed by atoms with Crippen molar-refractivity contribution in [2.75, 3.05) is 0 Å². The molecule has 0 amide bonds. The second-order valence-electron chi connectivity index (χ2n) is 6.81. The first-order valence-electron chi connectivity index (χ1n) is 8.94. The van der Waals surface area contributed by atoms with Gasteiger partial charge in [-0.3, -0.25) is 0 Å². The zero-order valence-corrected chi connectivity index (χ0v) is 13.6. The van der Waals surface area contributed by atoms with Gasteiger partial charge in [0.1, 0.15) is 12.4 Å². The average Bonchev–Trinajstić information content (AvgIpc) is 2.63. The van der Waals surface area contributed by atoms with Crippen LogP contribution in [0.3, 0.4) is 0 Å². The number of hydrogen-bond acceptors (Lipinski definition) is 3. The summed E-state index contributed by atoms with van der Waals surface area (Å²) in [6.07, 6.45) is 11.3. The van der Waals surface area contributed by atoms with Crippen molar-refractivity contribution in [1.29, 1.82) is 0 Å². The molecule has 0 saturated heterocycles. The number of nitrogens with zero attached hydrogens (tertiary/aromatic N) is 2. The van der Waals surface area contributed by atoms with Crippen LogP contribution in [0.4, 0.5) is 0 Å². The van der Waals surface area contributed by atoms with Gasteiger partial charge in [-0.2, -0.15) is 0 Å². The molecule has 0 unspecified atom stereocenters. The molecule has 3 nitrogen and oxygen atoms in total. The van der Waals surface area contributed by atoms with E-state index >= 15 is 0 Å². The Hall–Kier alpha value is -1.90. The molecule has 0 aliphatic heterocycles. The molecule has 4 rings (SSSR count). The van der Waals surface area contributed by atoms with E-state index < -0.39 is 0 Å². The van der Waals surface area contributed by atoms with Crippen molar-refractivity contribution >= 4 is 0 Å². The summed E-state index contributed by atoms with van der Waals surface area (Å²) in [7, 11) is 0. The van der Waals surface area contributed by atoms with E-state index in [-0.39, 0.29) is 0 Å². The fraction of sp³-hybridized carbons (Fsp3) is 0.500. The van der Waals surface area contributed by atoms with E-state index in [0.717, 1.165) is 31.6 Å². The quantitative estimate of drug-likeness (QED) is 0.839. The fourth-order valence-corrected chi connectivity index (χ4v) is 3.99. The van der Waals surface area contributed by atoms with Crippen LogP contribution < -0.4 is 4.74 Å². The van der Waals surface area contributed by atoms with Crippen molar-refractivity contribution < 1.29 is 4.74 Å². The molecule has 2 aromatic rings. The lowest BCUT2D eigenvalue weighted by Gasteiger charge is -2.30. The second kappa shape index (κ2) is 6.69. The van der Waals surface area contributed by atoms with Gasteiger partial charge in [0.2, 0.25) is 5.88 Å². The van der Waals surface area contributed by atoms with Gasteiger partial charge in [-0.25, -0.2) is 9.97 Å². The molecule has 0 radical (unpaired) electrons. The van der Waals surface area contributed by atoms with Crippen LogP contribution in [0.25, 0.3) is 0 Å². The van der Waals surface area contributed by atoms with Gasteiger partial charge in [0.05, 0.1) is 5.69 Å². The van der Waals surface area contributed by atoms with E-state index in [1.807, 2.05) is 0 Å². The van der Waals surface area contributed by atoms with E-state index in [2.05, 4.69) is 40.3 Å². The van der Waals surface area contributed by atoms with Crippen LogP contribution in [-0.2, 0) is 12.8 Å². The summed E-state index contributed by atoms with van der Waals surface area (Å²) >= 11 is 0. The van der Waals surface area contributed by atoms with E-state index in [0.29, 0.717) is 12.0 Å². The van der Waals surface area contributed by atoms with Crippen LogP contribution in [0, 0.1) is 0 Å². The summed E-state index contributed by atoms with van der Waals surface area (Å²) in [6, 6.07) is 10.9. The van der Waals surface area contributed by atoms with Gasteiger partial charge >= 0.3 is 0 Å². The molecule has 23 heavy (non-hydrogen) atoms. The predicted molar refractivity (Wildman–Crippen MR) is 90.7 cm³/mol. The highest BCUT2D eigenvalue weighted by atomic mass is 16.5. The summed E-state index contributed by atoms with van der Waals surface area (Å²) in [5, 5.41) is 0. The Morgan fingerprint density at radius 3 is 2.48 bits per heavy atom. The van der Waals surface area contributed by atoms with E-state index in [9.17, 15) is 0 Å². The Balaban J connectivity index is 1.40. The average molecular weight is 308 g/mol. The zero-order chi connectivity index (χ0) is 15.5. The van der Waals surface area contributed by atoms with Gasteiger partial charge in [0.25, 0.3) is 0 Å². The highest BCUT2D eigenvalue weighted by molar-refractivity contribution is 5.32. The smallest absolute Gasteiger partial charge is 0.220 e. The molecule has 3 heteroatoms. The third-order valence-electron chi connectivity index (χ3n) is 5.31. The van der Waals surface area contributed by atoms with Crippen LogP contribution >= 0.6 is 0 Å². The summed E-state index contributed by atoms with van der Waals surface area (Å²) in [5.41, 5.74) is 3.95.